The fourth-order valence-electron chi connectivity index (χ4n) is 4.87. The fourth-order valence-corrected chi connectivity index (χ4v) is 4.87. The third-order valence-electron chi connectivity index (χ3n) is 7.26. The van der Waals surface area contributed by atoms with Crippen LogP contribution < -0.4 is 4.74 Å². The van der Waals surface area contributed by atoms with E-state index in [0.717, 1.165) is 30.4 Å². The molecule has 1 aliphatic heterocycles. The van der Waals surface area contributed by atoms with Crippen LogP contribution in [0.4, 0.5) is 0 Å². The molecule has 0 saturated heterocycles. The number of carbonyl (C=O) groups is 2. The summed E-state index contributed by atoms with van der Waals surface area (Å²) in [4.78, 5) is 34.6. The Labute approximate surface area is 213 Å². The van der Waals surface area contributed by atoms with Crippen LogP contribution in [0.1, 0.15) is 61.0 Å². The zero-order valence-electron chi connectivity index (χ0n) is 21.5. The van der Waals surface area contributed by atoms with E-state index in [4.69, 9.17) is 4.74 Å². The van der Waals surface area contributed by atoms with Gasteiger partial charge in [0.25, 0.3) is 5.91 Å². The van der Waals surface area contributed by atoms with E-state index in [1.165, 1.54) is 12.0 Å². The van der Waals surface area contributed by atoms with E-state index >= 15 is 0 Å². The summed E-state index contributed by atoms with van der Waals surface area (Å²) in [5, 5.41) is 9.88. The largest absolute Gasteiger partial charge is 0.472 e. The lowest BCUT2D eigenvalue weighted by molar-refractivity contribution is -0.130. The van der Waals surface area contributed by atoms with Crippen molar-refractivity contribution in [2.75, 3.05) is 26.7 Å². The molecule has 0 radical (unpaired) electrons. The Morgan fingerprint density at radius 2 is 2.06 bits per heavy atom. The zero-order valence-corrected chi connectivity index (χ0v) is 21.5. The number of aromatic nitrogens is 1. The second-order valence-corrected chi connectivity index (χ2v) is 10.1. The number of aliphatic hydroxyl groups excluding tert-OH is 1. The second kappa shape index (κ2) is 11.7. The van der Waals surface area contributed by atoms with Crippen LogP contribution >= 0.6 is 0 Å². The van der Waals surface area contributed by atoms with Crippen LogP contribution in [-0.4, -0.2) is 70.6 Å². The van der Waals surface area contributed by atoms with Crippen molar-refractivity contribution in [3.8, 4) is 5.88 Å². The van der Waals surface area contributed by atoms with E-state index in [1.807, 2.05) is 50.2 Å². The molecule has 1 aromatic carbocycles. The first-order chi connectivity index (χ1) is 17.4. The average molecular weight is 492 g/mol. The molecule has 1 aliphatic carbocycles. The molecule has 7 heteroatoms. The minimum Gasteiger partial charge on any atom is -0.472 e. The SMILES string of the molecule is C[C@H](CO)N1C[C@H](C)[C@@H](CN(C)C(=O)Cc2ccccc2)Oc2ncc(C3=CCCCC3)cc2C1=O. The van der Waals surface area contributed by atoms with Gasteiger partial charge in [0.05, 0.1) is 25.6 Å². The molecule has 4 rings (SSSR count). The standard InChI is InChI=1S/C29H37N3O4/c1-20-17-32(21(2)19-33)29(35)25-15-24(23-12-8-5-9-13-23)16-30-28(25)36-26(20)18-31(3)27(34)14-22-10-6-4-7-11-22/h4,6-7,10-12,15-16,20-21,26,33H,5,8-9,13-14,17-19H2,1-3H3/t20-,21+,26+/m0/s1. The predicted octanol–water partition coefficient (Wildman–Crippen LogP) is 3.96. The van der Waals surface area contributed by atoms with E-state index in [0.29, 0.717) is 25.1 Å². The number of aliphatic hydroxyl groups is 1. The maximum atomic E-state index is 13.6. The van der Waals surface area contributed by atoms with Crippen LogP contribution in [-0.2, 0) is 11.2 Å². The first kappa shape index (κ1) is 25.9. The molecule has 192 valence electrons. The van der Waals surface area contributed by atoms with Crippen LogP contribution in [0.3, 0.4) is 0 Å². The highest BCUT2D eigenvalue weighted by Crippen LogP contribution is 2.32. The van der Waals surface area contributed by atoms with Gasteiger partial charge in [0.1, 0.15) is 11.7 Å². The molecule has 0 unspecified atom stereocenters. The number of ether oxygens (including phenoxy) is 1. The molecule has 0 fully saturated rings. The van der Waals surface area contributed by atoms with Crippen molar-refractivity contribution in [3.05, 3.63) is 65.4 Å². The van der Waals surface area contributed by atoms with Gasteiger partial charge < -0.3 is 19.6 Å². The number of benzene rings is 1. The molecule has 36 heavy (non-hydrogen) atoms. The summed E-state index contributed by atoms with van der Waals surface area (Å²) in [6.45, 7) is 4.51. The Bertz CT molecular complexity index is 1100. The van der Waals surface area contributed by atoms with Gasteiger partial charge in [-0.15, -0.1) is 0 Å². The van der Waals surface area contributed by atoms with Gasteiger partial charge in [0, 0.05) is 25.7 Å². The molecule has 0 spiro atoms. The summed E-state index contributed by atoms with van der Waals surface area (Å²) in [6.07, 6.45) is 8.30. The lowest BCUT2D eigenvalue weighted by atomic mass is 9.93. The third-order valence-corrected chi connectivity index (χ3v) is 7.26. The Hall–Kier alpha value is -3.19. The summed E-state index contributed by atoms with van der Waals surface area (Å²) < 4.78 is 6.36. The molecule has 0 bridgehead atoms. The molecular formula is C29H37N3O4. The molecule has 2 heterocycles. The molecule has 7 nitrogen and oxygen atoms in total. The van der Waals surface area contributed by atoms with E-state index in [-0.39, 0.29) is 42.4 Å². The lowest BCUT2D eigenvalue weighted by Crippen LogP contribution is -2.50. The van der Waals surface area contributed by atoms with Gasteiger partial charge in [-0.1, -0.05) is 43.3 Å². The van der Waals surface area contributed by atoms with Crippen molar-refractivity contribution < 1.29 is 19.4 Å². The van der Waals surface area contributed by atoms with Gasteiger partial charge in [-0.05, 0) is 55.4 Å². The number of hydrogen-bond donors (Lipinski definition) is 1. The number of likely N-dealkylation sites (N-methyl/N-ethyl adjacent to an activating group) is 1. The third kappa shape index (κ3) is 5.95. The van der Waals surface area contributed by atoms with Crippen LogP contribution in [0.25, 0.3) is 5.57 Å². The van der Waals surface area contributed by atoms with Crippen molar-refractivity contribution in [2.45, 2.75) is 58.1 Å². The van der Waals surface area contributed by atoms with Gasteiger partial charge in [-0.2, -0.15) is 0 Å². The van der Waals surface area contributed by atoms with Crippen molar-refractivity contribution in [2.24, 2.45) is 5.92 Å². The van der Waals surface area contributed by atoms with Gasteiger partial charge in [0.15, 0.2) is 0 Å². The zero-order chi connectivity index (χ0) is 25.7. The molecular weight excluding hydrogens is 454 g/mol. The first-order valence-corrected chi connectivity index (χ1v) is 12.9. The van der Waals surface area contributed by atoms with Gasteiger partial charge in [-0.25, -0.2) is 4.98 Å². The molecule has 3 atom stereocenters. The Kier molecular flexibility index (Phi) is 8.41. The minimum absolute atomic E-state index is 0.00323. The number of amides is 2. The highest BCUT2D eigenvalue weighted by atomic mass is 16.5. The highest BCUT2D eigenvalue weighted by Gasteiger charge is 2.35. The summed E-state index contributed by atoms with van der Waals surface area (Å²) in [5.41, 5.74) is 3.53. The average Bonchev–Trinajstić information content (AvgIpc) is 2.91. The number of hydrogen-bond acceptors (Lipinski definition) is 5. The smallest absolute Gasteiger partial charge is 0.259 e. The van der Waals surface area contributed by atoms with E-state index in [9.17, 15) is 14.7 Å². The van der Waals surface area contributed by atoms with Crippen molar-refractivity contribution >= 4 is 17.4 Å². The topological polar surface area (TPSA) is 83.0 Å². The second-order valence-electron chi connectivity index (χ2n) is 10.1. The van der Waals surface area contributed by atoms with Crippen molar-refractivity contribution in [1.29, 1.82) is 0 Å². The number of carbonyl (C=O) groups excluding carboxylic acids is 2. The summed E-state index contributed by atoms with van der Waals surface area (Å²) in [5.74, 6) is 0.0287. The fraction of sp³-hybridized carbons (Fsp3) is 0.483. The normalized spacial score (nSPS) is 20.9. The van der Waals surface area contributed by atoms with Crippen LogP contribution in [0.2, 0.25) is 0 Å². The number of rotatable bonds is 7. The van der Waals surface area contributed by atoms with E-state index < -0.39 is 0 Å². The summed E-state index contributed by atoms with van der Waals surface area (Å²) in [6, 6.07) is 11.2. The van der Waals surface area contributed by atoms with Crippen LogP contribution in [0, 0.1) is 5.92 Å². The number of fused-ring (bicyclic) bond motifs is 1. The molecule has 2 amide bonds. The maximum absolute atomic E-state index is 13.6. The molecule has 0 saturated carbocycles. The summed E-state index contributed by atoms with van der Waals surface area (Å²) in [7, 11) is 1.78. The van der Waals surface area contributed by atoms with E-state index in [2.05, 4.69) is 11.1 Å². The van der Waals surface area contributed by atoms with Gasteiger partial charge >= 0.3 is 0 Å². The van der Waals surface area contributed by atoms with Gasteiger partial charge in [0.2, 0.25) is 11.8 Å². The predicted molar refractivity (Wildman–Crippen MR) is 140 cm³/mol. The molecule has 2 aromatic rings. The number of pyridine rings is 1. The van der Waals surface area contributed by atoms with Crippen molar-refractivity contribution in [3.63, 3.8) is 0 Å². The van der Waals surface area contributed by atoms with E-state index in [1.54, 1.807) is 23.0 Å². The number of allylic oxidation sites excluding steroid dienone is 2. The van der Waals surface area contributed by atoms with Gasteiger partial charge in [-0.3, -0.25) is 9.59 Å². The van der Waals surface area contributed by atoms with Crippen LogP contribution in [0.5, 0.6) is 5.88 Å². The quantitative estimate of drug-likeness (QED) is 0.634. The maximum Gasteiger partial charge on any atom is 0.259 e. The first-order valence-electron chi connectivity index (χ1n) is 12.9. The summed E-state index contributed by atoms with van der Waals surface area (Å²) >= 11 is 0. The number of nitrogens with zero attached hydrogens (tertiary/aromatic N) is 3. The Balaban J connectivity index is 1.61. The highest BCUT2D eigenvalue weighted by molar-refractivity contribution is 5.97. The minimum atomic E-state index is -0.359. The Morgan fingerprint density at radius 1 is 1.28 bits per heavy atom. The molecule has 1 N–H and O–H groups in total. The monoisotopic (exact) mass is 491 g/mol. The molecule has 2 aliphatic rings. The lowest BCUT2D eigenvalue weighted by Gasteiger charge is -2.37. The Morgan fingerprint density at radius 3 is 2.75 bits per heavy atom. The molecule has 1 aromatic heterocycles. The van der Waals surface area contributed by atoms with Crippen LogP contribution in [0.15, 0.2) is 48.7 Å². The van der Waals surface area contributed by atoms with Crippen molar-refractivity contribution in [1.82, 2.24) is 14.8 Å².